The van der Waals surface area contributed by atoms with Crippen molar-refractivity contribution in [1.82, 2.24) is 20.1 Å². The lowest BCUT2D eigenvalue weighted by molar-refractivity contribution is -0.122. The number of aromatic nitrogens is 3. The first-order valence-corrected chi connectivity index (χ1v) is 8.94. The number of methoxy groups -OCH3 is 1. The molecule has 0 radical (unpaired) electrons. The van der Waals surface area contributed by atoms with Crippen LogP contribution in [0.2, 0.25) is 0 Å². The van der Waals surface area contributed by atoms with E-state index in [2.05, 4.69) is 22.4 Å². The quantitative estimate of drug-likeness (QED) is 0.618. The number of aryl methyl sites for hydroxylation is 1. The van der Waals surface area contributed by atoms with Crippen LogP contribution in [-0.2, 0) is 17.8 Å². The molecule has 2 aromatic heterocycles. The maximum Gasteiger partial charge on any atom is 0.240 e. The minimum atomic E-state index is -0.282. The molecule has 7 nitrogen and oxygen atoms in total. The van der Waals surface area contributed by atoms with Crippen molar-refractivity contribution in [3.05, 3.63) is 40.6 Å². The van der Waals surface area contributed by atoms with Crippen molar-refractivity contribution < 1.29 is 13.9 Å². The normalized spacial score (nSPS) is 12.3. The van der Waals surface area contributed by atoms with Gasteiger partial charge in [-0.2, -0.15) is 5.10 Å². The second-order valence-corrected chi connectivity index (χ2v) is 6.48. The Morgan fingerprint density at radius 1 is 1.50 bits per heavy atom. The van der Waals surface area contributed by atoms with Gasteiger partial charge >= 0.3 is 0 Å². The van der Waals surface area contributed by atoms with Crippen LogP contribution in [0.15, 0.2) is 28.7 Å². The fourth-order valence-corrected chi connectivity index (χ4v) is 3.08. The van der Waals surface area contributed by atoms with E-state index in [1.165, 1.54) is 0 Å². The molecule has 138 valence electrons. The third kappa shape index (κ3) is 3.65. The van der Waals surface area contributed by atoms with E-state index in [0.717, 1.165) is 24.1 Å². The van der Waals surface area contributed by atoms with Gasteiger partial charge in [-0.25, -0.2) is 0 Å². The highest BCUT2D eigenvalue weighted by atomic mass is 32.1. The second kappa shape index (κ2) is 7.74. The molecule has 2 heterocycles. The van der Waals surface area contributed by atoms with Crippen molar-refractivity contribution in [2.75, 3.05) is 7.11 Å². The zero-order valence-electron chi connectivity index (χ0n) is 15.0. The molecule has 0 aliphatic rings. The summed E-state index contributed by atoms with van der Waals surface area (Å²) in [4.78, 5) is 12.5. The molecule has 1 atom stereocenters. The standard InChI is InChI=1S/C18H22N4O3S/c1-4-6-15-20-21-18(26)22(15)10-16(23)19-11(2)14-9-12-7-5-8-13(24-3)17(12)25-14/h5,7-9,11H,4,6,10H2,1-3H3,(H,19,23)(H,21,26). The number of hydrogen-bond acceptors (Lipinski definition) is 5. The van der Waals surface area contributed by atoms with E-state index in [1.54, 1.807) is 11.7 Å². The Labute approximate surface area is 156 Å². The monoisotopic (exact) mass is 374 g/mol. The number of ether oxygens (including phenoxy) is 1. The lowest BCUT2D eigenvalue weighted by Gasteiger charge is -2.12. The molecule has 0 spiro atoms. The van der Waals surface area contributed by atoms with E-state index >= 15 is 0 Å². The molecule has 8 heteroatoms. The van der Waals surface area contributed by atoms with Crippen LogP contribution in [0.1, 0.15) is 37.9 Å². The van der Waals surface area contributed by atoms with Crippen LogP contribution < -0.4 is 10.1 Å². The zero-order chi connectivity index (χ0) is 18.7. The van der Waals surface area contributed by atoms with Crippen molar-refractivity contribution in [3.8, 4) is 5.75 Å². The molecule has 2 N–H and O–H groups in total. The van der Waals surface area contributed by atoms with Crippen LogP contribution in [0.5, 0.6) is 5.75 Å². The minimum Gasteiger partial charge on any atom is -0.493 e. The van der Waals surface area contributed by atoms with Gasteiger partial charge in [-0.1, -0.05) is 19.1 Å². The van der Waals surface area contributed by atoms with Gasteiger partial charge < -0.3 is 14.5 Å². The summed E-state index contributed by atoms with van der Waals surface area (Å²) in [6.07, 6.45) is 1.69. The Bertz CT molecular complexity index is 972. The van der Waals surface area contributed by atoms with Gasteiger partial charge in [-0.15, -0.1) is 0 Å². The summed E-state index contributed by atoms with van der Waals surface area (Å²) in [7, 11) is 1.60. The Morgan fingerprint density at radius 3 is 3.04 bits per heavy atom. The number of nitrogens with zero attached hydrogens (tertiary/aromatic N) is 2. The maximum absolute atomic E-state index is 12.5. The highest BCUT2D eigenvalue weighted by Crippen LogP contribution is 2.30. The number of aromatic amines is 1. The number of benzene rings is 1. The van der Waals surface area contributed by atoms with Gasteiger partial charge in [-0.3, -0.25) is 14.5 Å². The summed E-state index contributed by atoms with van der Waals surface area (Å²) in [5, 5.41) is 10.8. The molecule has 0 aliphatic carbocycles. The molecule has 26 heavy (non-hydrogen) atoms. The first-order valence-electron chi connectivity index (χ1n) is 8.53. The first-order chi connectivity index (χ1) is 12.5. The number of amides is 1. The molecule has 0 saturated heterocycles. The number of carbonyl (C=O) groups is 1. The van der Waals surface area contributed by atoms with E-state index in [9.17, 15) is 4.79 Å². The van der Waals surface area contributed by atoms with Gasteiger partial charge in [0.25, 0.3) is 0 Å². The van der Waals surface area contributed by atoms with Crippen LogP contribution in [0.3, 0.4) is 0 Å². The molecule has 0 fully saturated rings. The molecule has 0 aliphatic heterocycles. The number of H-pyrrole nitrogens is 1. The zero-order valence-corrected chi connectivity index (χ0v) is 15.9. The molecule has 0 bridgehead atoms. The predicted molar refractivity (Wildman–Crippen MR) is 101 cm³/mol. The Hall–Kier alpha value is -2.61. The molecular weight excluding hydrogens is 352 g/mol. The fourth-order valence-electron chi connectivity index (χ4n) is 2.86. The first kappa shape index (κ1) is 18.2. The summed E-state index contributed by atoms with van der Waals surface area (Å²) < 4.78 is 13.4. The molecule has 1 unspecified atom stereocenters. The van der Waals surface area contributed by atoms with Gasteiger partial charge in [-0.05, 0) is 37.7 Å². The molecule has 0 saturated carbocycles. The average molecular weight is 374 g/mol. The van der Waals surface area contributed by atoms with Crippen LogP contribution in [0.25, 0.3) is 11.0 Å². The Kier molecular flexibility index (Phi) is 5.41. The molecule has 3 rings (SSSR count). The highest BCUT2D eigenvalue weighted by Gasteiger charge is 2.17. The number of fused-ring (bicyclic) bond motifs is 1. The summed E-state index contributed by atoms with van der Waals surface area (Å²) >= 11 is 5.22. The molecule has 1 amide bonds. The van der Waals surface area contributed by atoms with Gasteiger partial charge in [0.2, 0.25) is 5.91 Å². The molecular formula is C18H22N4O3S. The van der Waals surface area contributed by atoms with Crippen LogP contribution >= 0.6 is 12.2 Å². The number of para-hydroxylation sites is 1. The van der Waals surface area contributed by atoms with E-state index in [1.807, 2.05) is 31.2 Å². The van der Waals surface area contributed by atoms with Crippen molar-refractivity contribution >= 4 is 29.1 Å². The topological polar surface area (TPSA) is 85.1 Å². The van der Waals surface area contributed by atoms with E-state index < -0.39 is 0 Å². The summed E-state index contributed by atoms with van der Waals surface area (Å²) in [5.74, 6) is 1.97. The maximum atomic E-state index is 12.5. The number of nitrogens with one attached hydrogen (secondary N) is 2. The van der Waals surface area contributed by atoms with Gasteiger partial charge in [0.1, 0.15) is 18.1 Å². The average Bonchev–Trinajstić information content (AvgIpc) is 3.20. The number of hydrogen-bond donors (Lipinski definition) is 2. The summed E-state index contributed by atoms with van der Waals surface area (Å²) in [6, 6.07) is 7.32. The lowest BCUT2D eigenvalue weighted by Crippen LogP contribution is -2.30. The third-order valence-electron chi connectivity index (χ3n) is 4.16. The smallest absolute Gasteiger partial charge is 0.240 e. The number of furan rings is 1. The SMILES string of the molecule is CCCc1n[nH]c(=S)n1CC(=O)NC(C)c1cc2cccc(OC)c2o1. The third-order valence-corrected chi connectivity index (χ3v) is 4.48. The van der Waals surface area contributed by atoms with Crippen molar-refractivity contribution in [1.29, 1.82) is 0 Å². The minimum absolute atomic E-state index is 0.124. The van der Waals surface area contributed by atoms with Gasteiger partial charge in [0, 0.05) is 11.8 Å². The van der Waals surface area contributed by atoms with E-state index in [0.29, 0.717) is 21.9 Å². The highest BCUT2D eigenvalue weighted by molar-refractivity contribution is 7.71. The van der Waals surface area contributed by atoms with Gasteiger partial charge in [0.15, 0.2) is 16.1 Å². The van der Waals surface area contributed by atoms with Crippen LogP contribution in [0.4, 0.5) is 0 Å². The fraction of sp³-hybridized carbons (Fsp3) is 0.389. The number of carbonyl (C=O) groups excluding carboxylic acids is 1. The van der Waals surface area contributed by atoms with E-state index in [4.69, 9.17) is 21.4 Å². The summed E-state index contributed by atoms with van der Waals surface area (Å²) in [6.45, 7) is 4.06. The van der Waals surface area contributed by atoms with E-state index in [-0.39, 0.29) is 18.5 Å². The van der Waals surface area contributed by atoms with Crippen LogP contribution in [0, 0.1) is 4.77 Å². The van der Waals surface area contributed by atoms with Crippen molar-refractivity contribution in [2.24, 2.45) is 0 Å². The lowest BCUT2D eigenvalue weighted by atomic mass is 10.2. The Morgan fingerprint density at radius 2 is 2.31 bits per heavy atom. The largest absolute Gasteiger partial charge is 0.493 e. The number of rotatable bonds is 7. The second-order valence-electron chi connectivity index (χ2n) is 6.10. The van der Waals surface area contributed by atoms with Gasteiger partial charge in [0.05, 0.1) is 13.2 Å². The Balaban J connectivity index is 1.74. The van der Waals surface area contributed by atoms with Crippen molar-refractivity contribution in [3.63, 3.8) is 0 Å². The predicted octanol–water partition coefficient (Wildman–Crippen LogP) is 3.53. The molecule has 3 aromatic rings. The summed E-state index contributed by atoms with van der Waals surface area (Å²) in [5.41, 5.74) is 0.674. The molecule has 1 aromatic carbocycles. The van der Waals surface area contributed by atoms with Crippen LogP contribution in [-0.4, -0.2) is 27.8 Å². The van der Waals surface area contributed by atoms with Crippen molar-refractivity contribution in [2.45, 2.75) is 39.3 Å².